The lowest BCUT2D eigenvalue weighted by atomic mass is 9.85. The predicted molar refractivity (Wildman–Crippen MR) is 138 cm³/mol. The van der Waals surface area contributed by atoms with Crippen LogP contribution in [0, 0.1) is 29.6 Å². The maximum atomic E-state index is 13.4. The molecule has 1 saturated carbocycles. The number of halogens is 5. The Labute approximate surface area is 234 Å². The van der Waals surface area contributed by atoms with Crippen LogP contribution in [0.25, 0.3) is 5.69 Å². The minimum absolute atomic E-state index is 0.0274. The number of nitrogens with zero attached hydrogens (tertiary/aromatic N) is 3. The van der Waals surface area contributed by atoms with E-state index in [0.717, 1.165) is 30.7 Å². The van der Waals surface area contributed by atoms with Crippen LogP contribution in [0.4, 0.5) is 22.0 Å². The van der Waals surface area contributed by atoms with Gasteiger partial charge in [0.05, 0.1) is 22.5 Å². The lowest BCUT2D eigenvalue weighted by molar-refractivity contribution is -0.211. The largest absolute Gasteiger partial charge is 0.433 e. The third-order valence-electron chi connectivity index (χ3n) is 7.30. The van der Waals surface area contributed by atoms with E-state index in [9.17, 15) is 45.5 Å². The molecule has 0 saturated heterocycles. The van der Waals surface area contributed by atoms with Crippen LogP contribution in [0.15, 0.2) is 18.2 Å². The third kappa shape index (κ3) is 7.34. The summed E-state index contributed by atoms with van der Waals surface area (Å²) >= 11 is 0. The second-order valence-corrected chi connectivity index (χ2v) is 13.2. The maximum absolute atomic E-state index is 13.4. The van der Waals surface area contributed by atoms with Crippen molar-refractivity contribution in [2.45, 2.75) is 70.6 Å². The third-order valence-corrected chi connectivity index (χ3v) is 8.94. The Kier molecular flexibility index (Phi) is 9.39. The Hall–Kier alpha value is -3.25. The molecule has 9 nitrogen and oxygen atoms in total. The SMILES string of the molecule is Cc1nc(C(=O)NCC2CCC(S(C)(=O)=O)CC2O)c(C#N)n1-c1ccc(CC(C)(C)C(F)(F)F)cc1OC(F)F. The number of alkyl halides is 5. The molecule has 3 atom stereocenters. The second kappa shape index (κ2) is 11.9. The average Bonchev–Trinajstić information content (AvgIpc) is 3.17. The highest BCUT2D eigenvalue weighted by atomic mass is 32.2. The molecule has 0 bridgehead atoms. The predicted octanol–water partition coefficient (Wildman–Crippen LogP) is 4.09. The van der Waals surface area contributed by atoms with E-state index in [-0.39, 0.29) is 41.4 Å². The number of nitrogens with one attached hydrogen (secondary N) is 1. The number of sulfone groups is 1. The fraction of sp³-hybridized carbons (Fsp3) is 0.577. The van der Waals surface area contributed by atoms with Crippen LogP contribution >= 0.6 is 0 Å². The topological polar surface area (TPSA) is 134 Å². The molecule has 226 valence electrons. The van der Waals surface area contributed by atoms with Crippen LogP contribution in [0.5, 0.6) is 5.75 Å². The van der Waals surface area contributed by atoms with Gasteiger partial charge >= 0.3 is 12.8 Å². The van der Waals surface area contributed by atoms with Crippen molar-refractivity contribution in [3.05, 3.63) is 41.0 Å². The van der Waals surface area contributed by atoms with E-state index in [1.807, 2.05) is 6.07 Å². The molecule has 1 aliphatic carbocycles. The van der Waals surface area contributed by atoms with Crippen molar-refractivity contribution < 1.29 is 45.0 Å². The molecule has 1 aromatic carbocycles. The molecule has 2 aromatic rings. The Morgan fingerprint density at radius 3 is 2.49 bits per heavy atom. The standard InChI is InChI=1S/C26H31F5N4O5S/c1-14-34-22(23(37)33-13-16-6-7-17(10-20(16)36)41(4,38)39)19(12-32)35(14)18-8-5-15(9-21(18)40-24(27)28)11-25(2,3)26(29,30)31/h5,8-9,16-17,20,24,36H,6-7,10-11,13H2,1-4H3,(H,33,37). The van der Waals surface area contributed by atoms with Gasteiger partial charge < -0.3 is 15.2 Å². The number of nitriles is 1. The van der Waals surface area contributed by atoms with Gasteiger partial charge in [0.1, 0.15) is 27.5 Å². The first kappa shape index (κ1) is 32.3. The number of hydrogen-bond acceptors (Lipinski definition) is 7. The highest BCUT2D eigenvalue weighted by molar-refractivity contribution is 7.91. The zero-order chi connectivity index (χ0) is 30.9. The Balaban J connectivity index is 1.89. The quantitative estimate of drug-likeness (QED) is 0.411. The number of hydrogen-bond donors (Lipinski definition) is 2. The maximum Gasteiger partial charge on any atom is 0.394 e. The first-order valence-corrected chi connectivity index (χ1v) is 14.6. The minimum atomic E-state index is -4.56. The van der Waals surface area contributed by atoms with Crippen LogP contribution in [0.3, 0.4) is 0 Å². The van der Waals surface area contributed by atoms with Crippen molar-refractivity contribution in [2.75, 3.05) is 12.8 Å². The fourth-order valence-electron chi connectivity index (χ4n) is 4.85. The first-order chi connectivity index (χ1) is 18.9. The Morgan fingerprint density at radius 2 is 1.95 bits per heavy atom. The van der Waals surface area contributed by atoms with Gasteiger partial charge in [0, 0.05) is 18.7 Å². The molecule has 2 N–H and O–H groups in total. The van der Waals surface area contributed by atoms with Gasteiger partial charge in [-0.3, -0.25) is 9.36 Å². The number of carbonyl (C=O) groups excluding carboxylic acids is 1. The van der Waals surface area contributed by atoms with Crippen LogP contribution in [0.2, 0.25) is 0 Å². The molecule has 0 spiro atoms. The normalized spacial score (nSPS) is 20.1. The molecule has 0 aliphatic heterocycles. The summed E-state index contributed by atoms with van der Waals surface area (Å²) in [5.74, 6) is -1.70. The van der Waals surface area contributed by atoms with Crippen LogP contribution in [0.1, 0.15) is 60.7 Å². The van der Waals surface area contributed by atoms with Crippen molar-refractivity contribution in [2.24, 2.45) is 11.3 Å². The van der Waals surface area contributed by atoms with Gasteiger partial charge in [-0.1, -0.05) is 19.9 Å². The van der Waals surface area contributed by atoms with Crippen molar-refractivity contribution in [3.63, 3.8) is 0 Å². The number of amides is 1. The summed E-state index contributed by atoms with van der Waals surface area (Å²) in [4.78, 5) is 17.1. The van der Waals surface area contributed by atoms with Gasteiger partial charge in [0.2, 0.25) is 0 Å². The number of rotatable bonds is 9. The fourth-order valence-corrected chi connectivity index (χ4v) is 5.96. The number of aryl methyl sites for hydroxylation is 1. The monoisotopic (exact) mass is 606 g/mol. The number of ether oxygens (including phenoxy) is 1. The van der Waals surface area contributed by atoms with Gasteiger partial charge in [-0.2, -0.15) is 27.2 Å². The van der Waals surface area contributed by atoms with E-state index < -0.39 is 63.4 Å². The smallest absolute Gasteiger partial charge is 0.394 e. The van der Waals surface area contributed by atoms with Gasteiger partial charge in [0.15, 0.2) is 11.4 Å². The number of imidazole rings is 1. The van der Waals surface area contributed by atoms with Crippen molar-refractivity contribution in [1.82, 2.24) is 14.9 Å². The van der Waals surface area contributed by atoms with E-state index in [0.29, 0.717) is 12.8 Å². The summed E-state index contributed by atoms with van der Waals surface area (Å²) in [5, 5.41) is 22.2. The summed E-state index contributed by atoms with van der Waals surface area (Å²) in [6.45, 7) is -0.00849. The molecule has 1 amide bonds. The highest BCUT2D eigenvalue weighted by Crippen LogP contribution is 2.41. The average molecular weight is 607 g/mol. The lowest BCUT2D eigenvalue weighted by Crippen LogP contribution is -2.42. The van der Waals surface area contributed by atoms with E-state index in [2.05, 4.69) is 15.0 Å². The molecule has 1 aliphatic rings. The van der Waals surface area contributed by atoms with Crippen molar-refractivity contribution in [1.29, 1.82) is 5.26 Å². The Bertz CT molecular complexity index is 1430. The summed E-state index contributed by atoms with van der Waals surface area (Å²) < 4.78 is 96.0. The minimum Gasteiger partial charge on any atom is -0.433 e. The van der Waals surface area contributed by atoms with Gasteiger partial charge in [-0.15, -0.1) is 0 Å². The molecular weight excluding hydrogens is 575 g/mol. The zero-order valence-corrected chi connectivity index (χ0v) is 23.6. The molecule has 3 rings (SSSR count). The molecule has 1 fully saturated rings. The summed E-state index contributed by atoms with van der Waals surface area (Å²) in [6.07, 6.45) is -4.29. The van der Waals surface area contributed by atoms with Gasteiger partial charge in [-0.05, 0) is 50.3 Å². The van der Waals surface area contributed by atoms with Gasteiger partial charge in [-0.25, -0.2) is 13.4 Å². The zero-order valence-electron chi connectivity index (χ0n) is 22.8. The van der Waals surface area contributed by atoms with Crippen molar-refractivity contribution >= 4 is 15.7 Å². The van der Waals surface area contributed by atoms with E-state index in [1.165, 1.54) is 19.1 Å². The van der Waals surface area contributed by atoms with E-state index in [4.69, 9.17) is 0 Å². The summed E-state index contributed by atoms with van der Waals surface area (Å²) in [7, 11) is -3.33. The molecule has 1 heterocycles. The summed E-state index contributed by atoms with van der Waals surface area (Å²) in [5.41, 5.74) is -2.90. The highest BCUT2D eigenvalue weighted by Gasteiger charge is 2.47. The number of aromatic nitrogens is 2. The van der Waals surface area contributed by atoms with Crippen LogP contribution < -0.4 is 10.1 Å². The molecule has 15 heteroatoms. The molecule has 41 heavy (non-hydrogen) atoms. The van der Waals surface area contributed by atoms with Crippen LogP contribution in [-0.2, 0) is 16.3 Å². The Morgan fingerprint density at radius 1 is 1.29 bits per heavy atom. The molecule has 1 aromatic heterocycles. The van der Waals surface area contributed by atoms with Gasteiger partial charge in [0.25, 0.3) is 5.91 Å². The van der Waals surface area contributed by atoms with E-state index >= 15 is 0 Å². The second-order valence-electron chi connectivity index (χ2n) is 10.8. The molecular formula is C26H31F5N4O5S. The number of benzene rings is 1. The van der Waals surface area contributed by atoms with Crippen LogP contribution in [-0.4, -0.2) is 65.9 Å². The lowest BCUT2D eigenvalue weighted by Gasteiger charge is -2.32. The molecule has 3 unspecified atom stereocenters. The summed E-state index contributed by atoms with van der Waals surface area (Å²) in [6, 6.07) is 5.35. The van der Waals surface area contributed by atoms with E-state index in [1.54, 1.807) is 0 Å². The first-order valence-electron chi connectivity index (χ1n) is 12.6. The number of aliphatic hydroxyl groups excluding tert-OH is 1. The van der Waals surface area contributed by atoms with Crippen molar-refractivity contribution in [3.8, 4) is 17.5 Å². The number of aliphatic hydroxyl groups is 1. The number of carbonyl (C=O) groups is 1. The molecule has 0 radical (unpaired) electrons.